The Morgan fingerprint density at radius 3 is 2.47 bits per heavy atom. The molecular formula is C61H82ClN7O15S. The lowest BCUT2D eigenvalue weighted by Gasteiger charge is -2.41. The lowest BCUT2D eigenvalue weighted by molar-refractivity contribution is -0.187. The normalized spacial score (nSPS) is 24.2. The number of nitrogens with two attached hydrogens (primary N) is 1. The molecule has 2 aromatic carbocycles. The Hall–Kier alpha value is -6.60. The number of thiocarbonyl (C=S) groups is 1. The summed E-state index contributed by atoms with van der Waals surface area (Å²) in [6, 6.07) is 8.46. The van der Waals surface area contributed by atoms with Crippen LogP contribution in [0.25, 0.3) is 10.9 Å². The summed E-state index contributed by atoms with van der Waals surface area (Å²) in [6.45, 7) is 12.6. The Balaban J connectivity index is 1.21. The highest BCUT2D eigenvalue weighted by Gasteiger charge is 2.64. The molecular weight excluding hydrogens is 1140 g/mol. The number of carbonyl (C=O) groups is 7. The number of ether oxygens (including phenoxy) is 7. The number of carbonyl (C=O) groups excluding carboxylic acids is 7. The third kappa shape index (κ3) is 18.7. The first kappa shape index (κ1) is 67.5. The van der Waals surface area contributed by atoms with Crippen molar-refractivity contribution in [2.24, 2.45) is 23.5 Å². The summed E-state index contributed by atoms with van der Waals surface area (Å²) in [4.78, 5) is 99.8. The van der Waals surface area contributed by atoms with Crippen molar-refractivity contribution in [3.05, 3.63) is 82.5 Å². The third-order valence-electron chi connectivity index (χ3n) is 15.7. The average Bonchev–Trinajstić information content (AvgIpc) is 2.20. The van der Waals surface area contributed by atoms with Gasteiger partial charge in [-0.25, -0.2) is 9.59 Å². The number of aromatic nitrogens is 1. The number of aliphatic hydroxyl groups is 1. The van der Waals surface area contributed by atoms with E-state index in [4.69, 9.17) is 62.7 Å². The number of methoxy groups -OCH3 is 2. The van der Waals surface area contributed by atoms with Gasteiger partial charge in [0.25, 0.3) is 0 Å². The van der Waals surface area contributed by atoms with Crippen molar-refractivity contribution in [1.29, 1.82) is 0 Å². The molecule has 5 amide bonds. The standard InChI is InChI=1S/C61H82ClN7O15S/c1-35(2)42(31-51(85)64-22-24-81-26-25-80-23-19-37(4)70)57(74)67-44(15-12-21-66-58(63)75)46(71)30-40-17-18-43(41-14-11-20-65-55(40)41)68-59(76)83-50-32-52(72)69(7)45-28-39(29-47(78-8)54(45)62)27-36(3)13-10-16-49(79-9)61(77)33-48(82-53(73)34-61)38(5)56-60(50,6)84-56/h10-11,13-14,16-18,20,28-29,35,38,42,44,48-50,56,77H,12,15,19,21-27,30-34H2,1-9H3,(H,64,85)(H,67,74)(H,68,76)(H3,63,66,75)/b16-10+,36-13+/t38-,42+,44+,48+,49-,50+,56+,60+,61-/m1/s1. The van der Waals surface area contributed by atoms with E-state index in [9.17, 15) is 38.7 Å². The van der Waals surface area contributed by atoms with Crippen molar-refractivity contribution in [2.45, 2.75) is 141 Å². The van der Waals surface area contributed by atoms with Crippen LogP contribution in [0.5, 0.6) is 5.75 Å². The molecule has 0 saturated carbocycles. The van der Waals surface area contributed by atoms with E-state index in [1.807, 2.05) is 26.8 Å². The summed E-state index contributed by atoms with van der Waals surface area (Å²) in [7, 11) is 4.49. The summed E-state index contributed by atoms with van der Waals surface area (Å²) >= 11 is 12.5. The average molecular weight is 1220 g/mol. The number of Topliss-reactive ketones (excluding diaryl/α,β-unsaturated/α-hetero) is 2. The number of anilines is 2. The molecule has 7 N–H and O–H groups in total. The van der Waals surface area contributed by atoms with Crippen LogP contribution < -0.4 is 36.6 Å². The zero-order chi connectivity index (χ0) is 62.2. The van der Waals surface area contributed by atoms with E-state index in [-0.39, 0.29) is 72.8 Å². The van der Waals surface area contributed by atoms with Crippen LogP contribution in [-0.4, -0.2) is 159 Å². The molecule has 3 aliphatic heterocycles. The zero-order valence-corrected chi connectivity index (χ0v) is 51.5. The molecule has 1 aromatic heterocycles. The topological polar surface area (TPSA) is 298 Å². The number of halogens is 1. The quantitative estimate of drug-likeness (QED) is 0.0220. The van der Waals surface area contributed by atoms with Crippen LogP contribution in [-0.2, 0) is 65.2 Å². The molecule has 22 nitrogen and oxygen atoms in total. The van der Waals surface area contributed by atoms with Crippen LogP contribution >= 0.6 is 23.8 Å². The lowest BCUT2D eigenvalue weighted by atomic mass is 9.78. The molecule has 2 saturated heterocycles. The second kappa shape index (κ2) is 31.2. The lowest BCUT2D eigenvalue weighted by Crippen LogP contribution is -2.53. The number of esters is 1. The highest BCUT2D eigenvalue weighted by atomic mass is 35.5. The number of hydrogen-bond acceptors (Lipinski definition) is 17. The van der Waals surface area contributed by atoms with Gasteiger partial charge in [0.2, 0.25) is 11.8 Å². The van der Waals surface area contributed by atoms with Gasteiger partial charge in [-0.15, -0.1) is 0 Å². The van der Waals surface area contributed by atoms with E-state index in [1.54, 1.807) is 75.6 Å². The molecule has 0 aliphatic carbocycles. The van der Waals surface area contributed by atoms with Gasteiger partial charge in [0.15, 0.2) is 5.78 Å². The van der Waals surface area contributed by atoms with Gasteiger partial charge in [-0.1, -0.05) is 74.5 Å². The van der Waals surface area contributed by atoms with Gasteiger partial charge in [-0.3, -0.25) is 34.3 Å². The number of epoxide rings is 1. The van der Waals surface area contributed by atoms with E-state index < -0.39 is 83.9 Å². The number of nitrogens with zero attached hydrogens (tertiary/aromatic N) is 2. The van der Waals surface area contributed by atoms with Crippen LogP contribution in [0.1, 0.15) is 97.6 Å². The summed E-state index contributed by atoms with van der Waals surface area (Å²) in [5.74, 6) is -2.81. The number of primary amides is 1. The first-order chi connectivity index (χ1) is 40.4. The summed E-state index contributed by atoms with van der Waals surface area (Å²) in [5.41, 5.74) is 5.51. The number of urea groups is 1. The monoisotopic (exact) mass is 1220 g/mol. The number of benzene rings is 2. The fraction of sp³-hybridized carbons (Fsp3) is 0.557. The molecule has 464 valence electrons. The minimum absolute atomic E-state index is 0.000620. The number of pyridine rings is 1. The van der Waals surface area contributed by atoms with Crippen molar-refractivity contribution >= 4 is 92.6 Å². The number of fused-ring (bicyclic) bond motifs is 6. The number of nitrogens with one attached hydrogen (secondary N) is 4. The predicted molar refractivity (Wildman–Crippen MR) is 324 cm³/mol. The third-order valence-corrected chi connectivity index (χ3v) is 16.4. The van der Waals surface area contributed by atoms with Crippen LogP contribution in [0.4, 0.5) is 21.0 Å². The maximum absolute atomic E-state index is 14.6. The van der Waals surface area contributed by atoms with Gasteiger partial charge in [-0.05, 0) is 87.4 Å². The molecule has 24 heteroatoms. The second-order valence-corrected chi connectivity index (χ2v) is 23.4. The number of rotatable bonds is 25. The van der Waals surface area contributed by atoms with Crippen molar-refractivity contribution in [3.63, 3.8) is 0 Å². The van der Waals surface area contributed by atoms with Crippen LogP contribution in [0.2, 0.25) is 5.02 Å². The minimum Gasteiger partial charge on any atom is -0.495 e. The predicted octanol–water partition coefficient (Wildman–Crippen LogP) is 6.81. The number of hydrogen-bond donors (Lipinski definition) is 6. The van der Waals surface area contributed by atoms with Crippen LogP contribution in [0, 0.1) is 17.8 Å². The van der Waals surface area contributed by atoms with Crippen LogP contribution in [0.15, 0.2) is 66.4 Å². The van der Waals surface area contributed by atoms with E-state index in [2.05, 4.69) is 26.3 Å². The molecule has 0 spiro atoms. The van der Waals surface area contributed by atoms with E-state index in [0.717, 1.165) is 11.1 Å². The highest BCUT2D eigenvalue weighted by Crippen LogP contribution is 2.50. The smallest absolute Gasteiger partial charge is 0.412 e. The van der Waals surface area contributed by atoms with Crippen molar-refractivity contribution in [1.82, 2.24) is 20.9 Å². The highest BCUT2D eigenvalue weighted by molar-refractivity contribution is 7.80. The van der Waals surface area contributed by atoms with E-state index in [1.165, 1.54) is 26.0 Å². The molecule has 2 fully saturated rings. The van der Waals surface area contributed by atoms with Gasteiger partial charge in [0.1, 0.15) is 46.1 Å². The van der Waals surface area contributed by atoms with Gasteiger partial charge in [-0.2, -0.15) is 0 Å². The van der Waals surface area contributed by atoms with Crippen LogP contribution in [0.3, 0.4) is 0 Å². The Bertz CT molecular complexity index is 2980. The van der Waals surface area contributed by atoms with Gasteiger partial charge in [0, 0.05) is 76.3 Å². The van der Waals surface area contributed by atoms with Crippen molar-refractivity contribution in [2.75, 3.05) is 71.0 Å². The molecule has 3 aromatic rings. The van der Waals surface area contributed by atoms with E-state index in [0.29, 0.717) is 85.1 Å². The molecule has 85 heavy (non-hydrogen) atoms. The Labute approximate surface area is 506 Å². The maximum atomic E-state index is 14.6. The fourth-order valence-corrected chi connectivity index (χ4v) is 11.3. The molecule has 4 heterocycles. The number of ketones is 2. The number of allylic oxidation sites excluding steroid dienone is 3. The Morgan fingerprint density at radius 1 is 1.04 bits per heavy atom. The fourth-order valence-electron chi connectivity index (χ4n) is 10.7. The first-order valence-corrected chi connectivity index (χ1v) is 29.4. The van der Waals surface area contributed by atoms with E-state index >= 15 is 0 Å². The Kier molecular flexibility index (Phi) is 24.8. The van der Waals surface area contributed by atoms with Crippen molar-refractivity contribution < 1.29 is 71.8 Å². The SMILES string of the molecule is COc1cc2cc(c1Cl)N(C)C(=O)C[C@H](OC(=O)Nc1ccc(CC(=O)[C@H](CCCNC(N)=O)NC(=O)[C@@H](CC(=S)NCCOCCOCCC(C)=O)C(C)C)c3ncccc13)[C@]1(C)O[C@H]1[C@H](C)[C@@H]1C[C@@](O)(CC(=O)O1)[C@H](OC)/C=C/C=C(\C)C2. The molecule has 3 aliphatic rings. The summed E-state index contributed by atoms with van der Waals surface area (Å²) in [5, 5.41) is 24.2. The second-order valence-electron chi connectivity index (χ2n) is 22.5. The van der Waals surface area contributed by atoms with Crippen molar-refractivity contribution in [3.8, 4) is 5.75 Å². The maximum Gasteiger partial charge on any atom is 0.412 e. The Morgan fingerprint density at radius 2 is 1.78 bits per heavy atom. The first-order valence-electron chi connectivity index (χ1n) is 28.6. The molecule has 0 unspecified atom stereocenters. The van der Waals surface area contributed by atoms with Gasteiger partial charge in [0.05, 0.1) is 80.4 Å². The molecule has 9 atom stereocenters. The molecule has 4 bridgehead atoms. The number of amides is 5. The molecule has 0 radical (unpaired) electrons. The largest absolute Gasteiger partial charge is 0.495 e. The van der Waals surface area contributed by atoms with Gasteiger partial charge >= 0.3 is 18.1 Å². The molecule has 6 rings (SSSR count). The minimum atomic E-state index is -1.65. The summed E-state index contributed by atoms with van der Waals surface area (Å²) < 4.78 is 40.9. The summed E-state index contributed by atoms with van der Waals surface area (Å²) in [6.07, 6.45) is 2.73. The zero-order valence-electron chi connectivity index (χ0n) is 49.9. The van der Waals surface area contributed by atoms with Gasteiger partial charge < -0.3 is 64.8 Å².